The number of hydrogen-bond acceptors (Lipinski definition) is 3. The van der Waals surface area contributed by atoms with Crippen LogP contribution >= 0.6 is 0 Å². The largest absolute Gasteiger partial charge is 0.494 e. The second kappa shape index (κ2) is 7.51. The lowest BCUT2D eigenvalue weighted by molar-refractivity contribution is 0.218. The van der Waals surface area contributed by atoms with E-state index >= 15 is 0 Å². The van der Waals surface area contributed by atoms with Gasteiger partial charge in [-0.3, -0.25) is 0 Å². The van der Waals surface area contributed by atoms with Gasteiger partial charge in [-0.15, -0.1) is 0 Å². The van der Waals surface area contributed by atoms with Crippen molar-refractivity contribution in [3.05, 3.63) is 29.8 Å². The number of likely N-dealkylation sites (N-methyl/N-ethyl adjacent to an activating group) is 1. The Labute approximate surface area is 117 Å². The van der Waals surface area contributed by atoms with Crippen LogP contribution in [-0.2, 0) is 6.42 Å². The summed E-state index contributed by atoms with van der Waals surface area (Å²) >= 11 is 0. The molecule has 0 saturated heterocycles. The highest BCUT2D eigenvalue weighted by molar-refractivity contribution is 5.27. The van der Waals surface area contributed by atoms with E-state index in [1.165, 1.54) is 5.56 Å². The van der Waals surface area contributed by atoms with E-state index in [1.807, 2.05) is 19.1 Å². The van der Waals surface area contributed by atoms with Gasteiger partial charge < -0.3 is 15.4 Å². The minimum absolute atomic E-state index is 0.188. The molecule has 0 aliphatic carbocycles. The number of nitrogens with two attached hydrogens (primary N) is 1. The van der Waals surface area contributed by atoms with E-state index in [0.29, 0.717) is 0 Å². The molecule has 0 unspecified atom stereocenters. The highest BCUT2D eigenvalue weighted by Crippen LogP contribution is 2.15. The third-order valence-corrected chi connectivity index (χ3v) is 3.27. The Balaban J connectivity index is 2.39. The van der Waals surface area contributed by atoms with E-state index in [0.717, 1.165) is 38.4 Å². The van der Waals surface area contributed by atoms with Crippen LogP contribution in [0.4, 0.5) is 0 Å². The van der Waals surface area contributed by atoms with Gasteiger partial charge in [0.25, 0.3) is 0 Å². The van der Waals surface area contributed by atoms with Gasteiger partial charge in [-0.2, -0.15) is 0 Å². The first-order chi connectivity index (χ1) is 8.96. The molecule has 3 heteroatoms. The third-order valence-electron chi connectivity index (χ3n) is 3.27. The Morgan fingerprint density at radius 2 is 1.84 bits per heavy atom. The topological polar surface area (TPSA) is 38.5 Å². The van der Waals surface area contributed by atoms with Crippen molar-refractivity contribution in [2.45, 2.75) is 27.2 Å². The molecule has 0 atom stereocenters. The molecular weight excluding hydrogens is 236 g/mol. The molecule has 108 valence electrons. The van der Waals surface area contributed by atoms with Crippen LogP contribution in [0.2, 0.25) is 0 Å². The first kappa shape index (κ1) is 16.0. The Morgan fingerprint density at radius 1 is 1.21 bits per heavy atom. The van der Waals surface area contributed by atoms with Crippen molar-refractivity contribution >= 4 is 0 Å². The number of rotatable bonds is 8. The Morgan fingerprint density at radius 3 is 2.37 bits per heavy atom. The van der Waals surface area contributed by atoms with Crippen molar-refractivity contribution in [1.29, 1.82) is 0 Å². The monoisotopic (exact) mass is 264 g/mol. The van der Waals surface area contributed by atoms with Crippen LogP contribution in [0.3, 0.4) is 0 Å². The zero-order valence-electron chi connectivity index (χ0n) is 12.8. The maximum absolute atomic E-state index is 5.77. The van der Waals surface area contributed by atoms with Crippen LogP contribution in [0.15, 0.2) is 24.3 Å². The van der Waals surface area contributed by atoms with Crippen molar-refractivity contribution in [1.82, 2.24) is 4.90 Å². The Hall–Kier alpha value is -1.06. The predicted molar refractivity (Wildman–Crippen MR) is 81.6 cm³/mol. The molecular formula is C16H28N2O. The van der Waals surface area contributed by atoms with E-state index in [1.54, 1.807) is 0 Å². The average Bonchev–Trinajstić information content (AvgIpc) is 2.38. The van der Waals surface area contributed by atoms with E-state index in [-0.39, 0.29) is 5.41 Å². The van der Waals surface area contributed by atoms with Gasteiger partial charge in [0.15, 0.2) is 0 Å². The molecule has 0 bridgehead atoms. The summed E-state index contributed by atoms with van der Waals surface area (Å²) in [5, 5.41) is 0. The number of hydrogen-bond donors (Lipinski definition) is 1. The molecule has 19 heavy (non-hydrogen) atoms. The molecule has 0 amide bonds. The van der Waals surface area contributed by atoms with Crippen molar-refractivity contribution in [2.75, 3.05) is 33.3 Å². The van der Waals surface area contributed by atoms with Crippen molar-refractivity contribution in [3.63, 3.8) is 0 Å². The zero-order valence-corrected chi connectivity index (χ0v) is 12.8. The van der Waals surface area contributed by atoms with Gasteiger partial charge in [0, 0.05) is 13.1 Å². The van der Waals surface area contributed by atoms with E-state index in [4.69, 9.17) is 10.5 Å². The lowest BCUT2D eigenvalue weighted by Crippen LogP contribution is -2.37. The number of nitrogens with zero attached hydrogens (tertiary/aromatic N) is 1. The first-order valence-corrected chi connectivity index (χ1v) is 7.07. The fraction of sp³-hybridized carbons (Fsp3) is 0.625. The zero-order chi connectivity index (χ0) is 14.3. The van der Waals surface area contributed by atoms with Crippen LogP contribution in [0.1, 0.15) is 26.3 Å². The summed E-state index contributed by atoms with van der Waals surface area (Å²) in [6.07, 6.45) is 1.06. The Kier molecular flexibility index (Phi) is 6.32. The van der Waals surface area contributed by atoms with Crippen LogP contribution < -0.4 is 10.5 Å². The Bertz CT molecular complexity index is 360. The van der Waals surface area contributed by atoms with Gasteiger partial charge in [-0.25, -0.2) is 0 Å². The molecule has 0 fully saturated rings. The summed E-state index contributed by atoms with van der Waals surface area (Å²) < 4.78 is 5.44. The summed E-state index contributed by atoms with van der Waals surface area (Å²) in [6.45, 7) is 9.94. The van der Waals surface area contributed by atoms with Gasteiger partial charge in [-0.1, -0.05) is 26.0 Å². The molecule has 0 aliphatic heterocycles. The van der Waals surface area contributed by atoms with E-state index in [9.17, 15) is 0 Å². The molecule has 1 aromatic rings. The normalized spacial score (nSPS) is 11.9. The second-order valence-electron chi connectivity index (χ2n) is 5.93. The standard InChI is InChI=1S/C16H28N2O/c1-5-19-15-8-6-14(7-9-15)10-11-18(4)13-16(2,3)12-17/h6-9H,5,10-13,17H2,1-4H3. The summed E-state index contributed by atoms with van der Waals surface area (Å²) in [5.41, 5.74) is 7.30. The molecule has 2 N–H and O–H groups in total. The van der Waals surface area contributed by atoms with Crippen LogP contribution in [0, 0.1) is 5.41 Å². The predicted octanol–water partition coefficient (Wildman–Crippen LogP) is 2.54. The summed E-state index contributed by atoms with van der Waals surface area (Å²) in [6, 6.07) is 8.38. The quantitative estimate of drug-likeness (QED) is 0.784. The summed E-state index contributed by atoms with van der Waals surface area (Å²) in [4.78, 5) is 2.35. The van der Waals surface area contributed by atoms with Gasteiger partial charge in [-0.05, 0) is 50.0 Å². The summed E-state index contributed by atoms with van der Waals surface area (Å²) in [7, 11) is 2.16. The van der Waals surface area contributed by atoms with Gasteiger partial charge >= 0.3 is 0 Å². The van der Waals surface area contributed by atoms with E-state index in [2.05, 4.69) is 37.9 Å². The fourth-order valence-electron chi connectivity index (χ4n) is 2.11. The lowest BCUT2D eigenvalue weighted by atomic mass is 9.93. The van der Waals surface area contributed by atoms with Crippen molar-refractivity contribution in [2.24, 2.45) is 11.1 Å². The second-order valence-corrected chi connectivity index (χ2v) is 5.93. The van der Waals surface area contributed by atoms with Gasteiger partial charge in [0.2, 0.25) is 0 Å². The highest BCUT2D eigenvalue weighted by atomic mass is 16.5. The highest BCUT2D eigenvalue weighted by Gasteiger charge is 2.17. The fourth-order valence-corrected chi connectivity index (χ4v) is 2.11. The first-order valence-electron chi connectivity index (χ1n) is 7.07. The van der Waals surface area contributed by atoms with E-state index < -0.39 is 0 Å². The molecule has 1 aromatic carbocycles. The smallest absolute Gasteiger partial charge is 0.119 e. The van der Waals surface area contributed by atoms with Gasteiger partial charge in [0.1, 0.15) is 5.75 Å². The summed E-state index contributed by atoms with van der Waals surface area (Å²) in [5.74, 6) is 0.948. The van der Waals surface area contributed by atoms with Gasteiger partial charge in [0.05, 0.1) is 6.61 Å². The molecule has 0 aromatic heterocycles. The molecule has 3 nitrogen and oxygen atoms in total. The van der Waals surface area contributed by atoms with Crippen molar-refractivity contribution < 1.29 is 4.74 Å². The van der Waals surface area contributed by atoms with Crippen LogP contribution in [-0.4, -0.2) is 38.2 Å². The molecule has 0 saturated carbocycles. The SMILES string of the molecule is CCOc1ccc(CCN(C)CC(C)(C)CN)cc1. The van der Waals surface area contributed by atoms with Crippen LogP contribution in [0.25, 0.3) is 0 Å². The maximum Gasteiger partial charge on any atom is 0.119 e. The number of ether oxygens (including phenoxy) is 1. The molecule has 0 radical (unpaired) electrons. The molecule has 0 aliphatic rings. The minimum atomic E-state index is 0.188. The average molecular weight is 264 g/mol. The van der Waals surface area contributed by atoms with Crippen molar-refractivity contribution in [3.8, 4) is 5.75 Å². The maximum atomic E-state index is 5.77. The molecule has 0 heterocycles. The molecule has 0 spiro atoms. The third kappa shape index (κ3) is 6.08. The number of benzene rings is 1. The molecule has 1 rings (SSSR count). The lowest BCUT2D eigenvalue weighted by Gasteiger charge is -2.29. The van der Waals surface area contributed by atoms with Crippen LogP contribution in [0.5, 0.6) is 5.75 Å². The minimum Gasteiger partial charge on any atom is -0.494 e.